The summed E-state index contributed by atoms with van der Waals surface area (Å²) in [5, 5.41) is 10.5. The molecule has 43 heavy (non-hydrogen) atoms. The zero-order valence-corrected chi connectivity index (χ0v) is 24.2. The molecule has 0 radical (unpaired) electrons. The lowest BCUT2D eigenvalue weighted by Crippen LogP contribution is -1.96. The fourth-order valence-electron chi connectivity index (χ4n) is 7.29. The van der Waals surface area contributed by atoms with Crippen molar-refractivity contribution in [3.63, 3.8) is 0 Å². The minimum absolute atomic E-state index is 1.19. The average molecular weight is 548 g/mol. The number of rotatable bonds is 3. The topological polar surface area (TPSA) is 4.93 Å². The maximum atomic E-state index is 2.42. The molecule has 0 unspecified atom stereocenters. The second-order valence-electron chi connectivity index (χ2n) is 11.9. The van der Waals surface area contributed by atoms with Crippen LogP contribution in [0.4, 0.5) is 0 Å². The molecule has 0 aliphatic rings. The standard InChI is InChI=1S/C42H29N/c1-26-11-13-28(14-12-26)33-19-15-29-18-22-38-34(20-16-30-17-21-37(33)41(29)42(30)38)31-23-27(2)24-32(25-31)43-39-9-5-3-7-35(39)36-8-4-6-10-40(36)43/h3-25H,1-2H3. The maximum absolute atomic E-state index is 2.42. The Bertz CT molecular complexity index is 2460. The third kappa shape index (κ3) is 3.58. The van der Waals surface area contributed by atoms with Crippen molar-refractivity contribution in [2.75, 3.05) is 0 Å². The second-order valence-corrected chi connectivity index (χ2v) is 11.9. The largest absolute Gasteiger partial charge is 0.309 e. The predicted octanol–water partition coefficient (Wildman–Crippen LogP) is 11.6. The first kappa shape index (κ1) is 24.2. The Hall–Kier alpha value is -5.40. The van der Waals surface area contributed by atoms with Gasteiger partial charge < -0.3 is 4.57 Å². The number of fused-ring (bicyclic) bond motifs is 3. The summed E-state index contributed by atoms with van der Waals surface area (Å²) in [6.45, 7) is 4.36. The summed E-state index contributed by atoms with van der Waals surface area (Å²) >= 11 is 0. The van der Waals surface area contributed by atoms with E-state index in [9.17, 15) is 0 Å². The fourth-order valence-corrected chi connectivity index (χ4v) is 7.29. The van der Waals surface area contributed by atoms with Crippen LogP contribution in [-0.4, -0.2) is 4.57 Å². The minimum Gasteiger partial charge on any atom is -0.309 e. The molecule has 0 spiro atoms. The van der Waals surface area contributed by atoms with E-state index in [-0.39, 0.29) is 0 Å². The van der Waals surface area contributed by atoms with E-state index in [0.717, 1.165) is 0 Å². The monoisotopic (exact) mass is 547 g/mol. The number of aryl methyl sites for hydroxylation is 2. The third-order valence-electron chi connectivity index (χ3n) is 9.24. The molecule has 202 valence electrons. The van der Waals surface area contributed by atoms with Gasteiger partial charge in [-0.3, -0.25) is 0 Å². The average Bonchev–Trinajstić information content (AvgIpc) is 3.38. The third-order valence-corrected chi connectivity index (χ3v) is 9.24. The van der Waals surface area contributed by atoms with Crippen LogP contribution in [0.5, 0.6) is 0 Å². The second kappa shape index (κ2) is 9.05. The Morgan fingerprint density at radius 2 is 0.930 bits per heavy atom. The number of benzene rings is 8. The smallest absolute Gasteiger partial charge is 0.0541 e. The molecule has 0 N–H and O–H groups in total. The molecular formula is C42H29N. The van der Waals surface area contributed by atoms with Crippen LogP contribution in [0.1, 0.15) is 11.1 Å². The van der Waals surface area contributed by atoms with Crippen LogP contribution < -0.4 is 0 Å². The molecule has 1 heterocycles. The molecule has 0 aliphatic carbocycles. The maximum Gasteiger partial charge on any atom is 0.0541 e. The quantitative estimate of drug-likeness (QED) is 0.194. The molecule has 1 aromatic heterocycles. The van der Waals surface area contributed by atoms with Gasteiger partial charge in [0.2, 0.25) is 0 Å². The normalized spacial score (nSPS) is 12.0. The van der Waals surface area contributed by atoms with Crippen LogP contribution in [0, 0.1) is 13.8 Å². The van der Waals surface area contributed by atoms with Crippen LogP contribution in [0.25, 0.3) is 82.1 Å². The molecule has 1 heteroatoms. The van der Waals surface area contributed by atoms with Gasteiger partial charge >= 0.3 is 0 Å². The van der Waals surface area contributed by atoms with E-state index < -0.39 is 0 Å². The summed E-state index contributed by atoms with van der Waals surface area (Å²) in [5.74, 6) is 0. The minimum atomic E-state index is 1.19. The number of para-hydroxylation sites is 2. The Morgan fingerprint density at radius 1 is 0.395 bits per heavy atom. The van der Waals surface area contributed by atoms with Gasteiger partial charge in [0.05, 0.1) is 11.0 Å². The highest BCUT2D eigenvalue weighted by atomic mass is 15.0. The molecule has 8 aromatic carbocycles. The molecule has 0 amide bonds. The summed E-state index contributed by atoms with van der Waals surface area (Å²) in [5.41, 5.74) is 11.3. The van der Waals surface area contributed by atoms with Gasteiger partial charge in [0, 0.05) is 16.5 Å². The number of nitrogens with zero attached hydrogens (tertiary/aromatic N) is 1. The zero-order valence-electron chi connectivity index (χ0n) is 24.2. The highest BCUT2D eigenvalue weighted by Gasteiger charge is 2.17. The molecule has 9 aromatic rings. The lowest BCUT2D eigenvalue weighted by molar-refractivity contribution is 1.17. The number of aromatic nitrogens is 1. The van der Waals surface area contributed by atoms with Gasteiger partial charge in [0.15, 0.2) is 0 Å². The SMILES string of the molecule is Cc1ccc(-c2ccc3ccc4c(-c5cc(C)cc(-n6c7ccccc7c7ccccc76)c5)ccc5ccc2c3c54)cc1. The van der Waals surface area contributed by atoms with Crippen LogP contribution in [0.3, 0.4) is 0 Å². The van der Waals surface area contributed by atoms with Crippen molar-refractivity contribution < 1.29 is 0 Å². The Morgan fingerprint density at radius 3 is 1.53 bits per heavy atom. The fraction of sp³-hybridized carbons (Fsp3) is 0.0476. The van der Waals surface area contributed by atoms with Gasteiger partial charge in [-0.05, 0) is 98.2 Å². The van der Waals surface area contributed by atoms with Crippen molar-refractivity contribution in [1.29, 1.82) is 0 Å². The van der Waals surface area contributed by atoms with E-state index in [1.54, 1.807) is 0 Å². The molecule has 1 nitrogen and oxygen atoms in total. The summed E-state index contributed by atoms with van der Waals surface area (Å²) in [6.07, 6.45) is 0. The first-order chi connectivity index (χ1) is 21.1. The highest BCUT2D eigenvalue weighted by Crippen LogP contribution is 2.43. The van der Waals surface area contributed by atoms with E-state index in [1.165, 1.54) is 93.2 Å². The van der Waals surface area contributed by atoms with E-state index in [2.05, 4.69) is 158 Å². The van der Waals surface area contributed by atoms with Crippen LogP contribution in [-0.2, 0) is 0 Å². The molecule has 0 saturated carbocycles. The van der Waals surface area contributed by atoms with Crippen molar-refractivity contribution in [2.45, 2.75) is 13.8 Å². The summed E-state index contributed by atoms with van der Waals surface area (Å²) < 4.78 is 2.42. The molecule has 0 aliphatic heterocycles. The Labute approximate surface area is 250 Å². The molecule has 9 rings (SSSR count). The van der Waals surface area contributed by atoms with Crippen LogP contribution in [0.15, 0.2) is 140 Å². The molecule has 0 saturated heterocycles. The highest BCUT2D eigenvalue weighted by molar-refractivity contribution is 6.27. The van der Waals surface area contributed by atoms with Crippen molar-refractivity contribution in [3.05, 3.63) is 151 Å². The molecule has 0 atom stereocenters. The van der Waals surface area contributed by atoms with Crippen molar-refractivity contribution in [3.8, 4) is 27.9 Å². The number of hydrogen-bond donors (Lipinski definition) is 0. The summed E-state index contributed by atoms with van der Waals surface area (Å²) in [6, 6.07) is 51.8. The van der Waals surface area contributed by atoms with E-state index >= 15 is 0 Å². The molecule has 0 bridgehead atoms. The van der Waals surface area contributed by atoms with Crippen molar-refractivity contribution in [2.24, 2.45) is 0 Å². The van der Waals surface area contributed by atoms with E-state index in [4.69, 9.17) is 0 Å². The molecular weight excluding hydrogens is 518 g/mol. The van der Waals surface area contributed by atoms with Gasteiger partial charge in [-0.15, -0.1) is 0 Å². The van der Waals surface area contributed by atoms with Crippen molar-refractivity contribution >= 4 is 54.1 Å². The summed E-state index contributed by atoms with van der Waals surface area (Å²) in [7, 11) is 0. The van der Waals surface area contributed by atoms with Crippen molar-refractivity contribution in [1.82, 2.24) is 4.57 Å². The van der Waals surface area contributed by atoms with E-state index in [1.807, 2.05) is 0 Å². The summed E-state index contributed by atoms with van der Waals surface area (Å²) in [4.78, 5) is 0. The Balaban J connectivity index is 1.31. The van der Waals surface area contributed by atoms with Crippen LogP contribution in [0.2, 0.25) is 0 Å². The van der Waals surface area contributed by atoms with Gasteiger partial charge in [0.1, 0.15) is 0 Å². The number of hydrogen-bond acceptors (Lipinski definition) is 0. The van der Waals surface area contributed by atoms with Gasteiger partial charge in [-0.1, -0.05) is 121 Å². The predicted molar refractivity (Wildman–Crippen MR) is 185 cm³/mol. The van der Waals surface area contributed by atoms with Crippen LogP contribution >= 0.6 is 0 Å². The lowest BCUT2D eigenvalue weighted by atomic mass is 9.87. The van der Waals surface area contributed by atoms with E-state index in [0.29, 0.717) is 0 Å². The van der Waals surface area contributed by atoms with Gasteiger partial charge in [-0.25, -0.2) is 0 Å². The van der Waals surface area contributed by atoms with Gasteiger partial charge in [-0.2, -0.15) is 0 Å². The van der Waals surface area contributed by atoms with Gasteiger partial charge in [0.25, 0.3) is 0 Å². The molecule has 0 fully saturated rings. The lowest BCUT2D eigenvalue weighted by Gasteiger charge is -2.17. The zero-order chi connectivity index (χ0) is 28.7. The first-order valence-electron chi connectivity index (χ1n) is 15.0. The first-order valence-corrected chi connectivity index (χ1v) is 15.0. The Kier molecular flexibility index (Phi) is 5.10.